The molecule has 0 bridgehead atoms. The molecule has 3 nitrogen and oxygen atoms in total. The number of carbonyl (C=O) groups is 1. The van der Waals surface area contributed by atoms with E-state index < -0.39 is 6.04 Å². The number of ether oxygens (including phenoxy) is 1. The maximum absolute atomic E-state index is 11.5. The number of hydrogen-bond acceptors (Lipinski definition) is 5. The SMILES string of the molecule is CC(C)[C@H](N)C(=O)OCC1SCCCS1. The summed E-state index contributed by atoms with van der Waals surface area (Å²) in [6.45, 7) is 4.35. The number of hydrogen-bond donors (Lipinski definition) is 1. The lowest BCUT2D eigenvalue weighted by Crippen LogP contribution is -2.38. The van der Waals surface area contributed by atoms with Crippen LogP contribution in [0.3, 0.4) is 0 Å². The predicted octanol–water partition coefficient (Wildman–Crippen LogP) is 1.71. The van der Waals surface area contributed by atoms with Crippen LogP contribution < -0.4 is 5.73 Å². The normalized spacial score (nSPS) is 20.3. The van der Waals surface area contributed by atoms with Crippen molar-refractivity contribution in [3.8, 4) is 0 Å². The first kappa shape index (κ1) is 13.2. The summed E-state index contributed by atoms with van der Waals surface area (Å²) in [6, 6.07) is -0.483. The smallest absolute Gasteiger partial charge is 0.323 e. The Balaban J connectivity index is 2.20. The molecule has 1 atom stereocenters. The number of esters is 1. The van der Waals surface area contributed by atoms with Gasteiger partial charge in [-0.3, -0.25) is 4.79 Å². The lowest BCUT2D eigenvalue weighted by Gasteiger charge is -2.22. The molecule has 0 unspecified atom stereocenters. The summed E-state index contributed by atoms with van der Waals surface area (Å²) < 4.78 is 5.60. The minimum absolute atomic E-state index is 0.143. The molecule has 0 aromatic carbocycles. The van der Waals surface area contributed by atoms with Crippen molar-refractivity contribution < 1.29 is 9.53 Å². The Labute approximate surface area is 99.9 Å². The average molecular weight is 249 g/mol. The molecule has 0 saturated carbocycles. The van der Waals surface area contributed by atoms with E-state index in [0.29, 0.717) is 11.2 Å². The average Bonchev–Trinajstić information content (AvgIpc) is 2.26. The van der Waals surface area contributed by atoms with E-state index in [4.69, 9.17) is 10.5 Å². The van der Waals surface area contributed by atoms with E-state index in [1.165, 1.54) is 17.9 Å². The highest BCUT2D eigenvalue weighted by atomic mass is 32.2. The van der Waals surface area contributed by atoms with Crippen molar-refractivity contribution in [2.24, 2.45) is 11.7 Å². The Morgan fingerprint density at radius 1 is 1.47 bits per heavy atom. The molecule has 88 valence electrons. The summed E-state index contributed by atoms with van der Waals surface area (Å²) in [5, 5.41) is 0. The molecule has 5 heteroatoms. The van der Waals surface area contributed by atoms with Crippen LogP contribution >= 0.6 is 23.5 Å². The molecular formula is C10H19NO2S2. The van der Waals surface area contributed by atoms with Crippen molar-refractivity contribution in [1.82, 2.24) is 0 Å². The largest absolute Gasteiger partial charge is 0.462 e. The van der Waals surface area contributed by atoms with Crippen LogP contribution in [0.15, 0.2) is 0 Å². The van der Waals surface area contributed by atoms with Crippen LogP contribution in [0, 0.1) is 5.92 Å². The Bertz CT molecular complexity index is 206. The fourth-order valence-corrected chi connectivity index (χ4v) is 3.77. The summed E-state index contributed by atoms with van der Waals surface area (Å²) >= 11 is 3.74. The van der Waals surface area contributed by atoms with E-state index in [0.717, 1.165) is 0 Å². The van der Waals surface area contributed by atoms with Crippen LogP contribution in [0.1, 0.15) is 20.3 Å². The van der Waals surface area contributed by atoms with Gasteiger partial charge in [0.2, 0.25) is 0 Å². The van der Waals surface area contributed by atoms with Crippen molar-refractivity contribution in [2.75, 3.05) is 18.1 Å². The third kappa shape index (κ3) is 4.66. The van der Waals surface area contributed by atoms with Gasteiger partial charge in [-0.2, -0.15) is 0 Å². The lowest BCUT2D eigenvalue weighted by molar-refractivity contribution is -0.145. The van der Waals surface area contributed by atoms with Crippen molar-refractivity contribution in [3.05, 3.63) is 0 Å². The molecule has 2 N–H and O–H groups in total. The van der Waals surface area contributed by atoms with Crippen LogP contribution in [-0.2, 0) is 9.53 Å². The van der Waals surface area contributed by atoms with Gasteiger partial charge in [0.1, 0.15) is 12.6 Å². The summed E-state index contributed by atoms with van der Waals surface area (Å²) in [5.41, 5.74) is 5.69. The van der Waals surface area contributed by atoms with Crippen LogP contribution in [-0.4, -0.2) is 34.7 Å². The summed E-state index contributed by atoms with van der Waals surface area (Å²) in [5.74, 6) is 2.22. The van der Waals surface area contributed by atoms with Crippen LogP contribution in [0.4, 0.5) is 0 Å². The van der Waals surface area contributed by atoms with Crippen LogP contribution in [0.5, 0.6) is 0 Å². The first-order chi connectivity index (χ1) is 7.11. The molecular weight excluding hydrogens is 230 g/mol. The van der Waals surface area contributed by atoms with E-state index in [1.54, 1.807) is 0 Å². The number of thioether (sulfide) groups is 2. The maximum Gasteiger partial charge on any atom is 0.323 e. The van der Waals surface area contributed by atoms with E-state index in [9.17, 15) is 4.79 Å². The molecule has 0 spiro atoms. The molecule has 1 fully saturated rings. The predicted molar refractivity (Wildman–Crippen MR) is 67.1 cm³/mol. The second-order valence-electron chi connectivity index (χ2n) is 3.92. The molecule has 0 radical (unpaired) electrons. The van der Waals surface area contributed by atoms with Crippen molar-refractivity contribution in [1.29, 1.82) is 0 Å². The van der Waals surface area contributed by atoms with Crippen LogP contribution in [0.2, 0.25) is 0 Å². The van der Waals surface area contributed by atoms with Gasteiger partial charge in [0.15, 0.2) is 0 Å². The van der Waals surface area contributed by atoms with Gasteiger partial charge in [-0.1, -0.05) is 13.8 Å². The van der Waals surface area contributed by atoms with Gasteiger partial charge in [-0.25, -0.2) is 0 Å². The highest BCUT2D eigenvalue weighted by Gasteiger charge is 2.21. The Hall–Kier alpha value is 0.130. The van der Waals surface area contributed by atoms with Crippen molar-refractivity contribution in [3.63, 3.8) is 0 Å². The minimum atomic E-state index is -0.483. The minimum Gasteiger partial charge on any atom is -0.462 e. The molecule has 15 heavy (non-hydrogen) atoms. The summed E-state index contributed by atoms with van der Waals surface area (Å²) in [7, 11) is 0. The Morgan fingerprint density at radius 3 is 2.60 bits per heavy atom. The molecule has 1 saturated heterocycles. The molecule has 0 aliphatic carbocycles. The number of carbonyl (C=O) groups excluding carboxylic acids is 1. The number of rotatable bonds is 4. The Morgan fingerprint density at radius 2 is 2.07 bits per heavy atom. The summed E-state index contributed by atoms with van der Waals surface area (Å²) in [6.07, 6.45) is 1.26. The quantitative estimate of drug-likeness (QED) is 0.769. The first-order valence-corrected chi connectivity index (χ1v) is 7.36. The van der Waals surface area contributed by atoms with Gasteiger partial charge in [-0.05, 0) is 23.8 Å². The molecule has 1 aliphatic rings. The highest BCUT2D eigenvalue weighted by Crippen LogP contribution is 2.30. The second kappa shape index (κ2) is 6.66. The summed E-state index contributed by atoms with van der Waals surface area (Å²) in [4.78, 5) is 11.5. The fourth-order valence-electron chi connectivity index (χ4n) is 1.15. The maximum atomic E-state index is 11.5. The zero-order valence-corrected chi connectivity index (χ0v) is 10.9. The fraction of sp³-hybridized carbons (Fsp3) is 0.900. The number of nitrogens with two attached hydrogens (primary N) is 1. The van der Waals surface area contributed by atoms with Gasteiger partial charge in [0, 0.05) is 0 Å². The van der Waals surface area contributed by atoms with Gasteiger partial charge >= 0.3 is 5.97 Å². The van der Waals surface area contributed by atoms with E-state index >= 15 is 0 Å². The molecule has 0 aromatic rings. The van der Waals surface area contributed by atoms with Crippen LogP contribution in [0.25, 0.3) is 0 Å². The van der Waals surface area contributed by atoms with E-state index in [2.05, 4.69) is 0 Å². The van der Waals surface area contributed by atoms with Gasteiger partial charge < -0.3 is 10.5 Å². The standard InChI is InChI=1S/C10H19NO2S2/c1-7(2)9(11)10(12)13-6-8-14-4-3-5-15-8/h7-9H,3-6,11H2,1-2H3/t9-/m0/s1. The topological polar surface area (TPSA) is 52.3 Å². The molecule has 1 aliphatic heterocycles. The first-order valence-electron chi connectivity index (χ1n) is 5.26. The zero-order chi connectivity index (χ0) is 11.3. The lowest BCUT2D eigenvalue weighted by atomic mass is 10.1. The van der Waals surface area contributed by atoms with Crippen molar-refractivity contribution >= 4 is 29.5 Å². The molecule has 0 aromatic heterocycles. The van der Waals surface area contributed by atoms with Gasteiger partial charge in [0.05, 0.1) is 4.58 Å². The third-order valence-electron chi connectivity index (χ3n) is 2.25. The van der Waals surface area contributed by atoms with Gasteiger partial charge in [-0.15, -0.1) is 23.5 Å². The van der Waals surface area contributed by atoms with E-state index in [-0.39, 0.29) is 11.9 Å². The van der Waals surface area contributed by atoms with E-state index in [1.807, 2.05) is 37.4 Å². The van der Waals surface area contributed by atoms with Crippen molar-refractivity contribution in [2.45, 2.75) is 30.9 Å². The van der Waals surface area contributed by atoms with Gasteiger partial charge in [0.25, 0.3) is 0 Å². The zero-order valence-electron chi connectivity index (χ0n) is 9.27. The molecule has 1 heterocycles. The Kier molecular flexibility index (Phi) is 5.86. The molecule has 1 rings (SSSR count). The second-order valence-corrected chi connectivity index (χ2v) is 6.84. The molecule has 0 amide bonds. The highest BCUT2D eigenvalue weighted by molar-refractivity contribution is 8.17. The monoisotopic (exact) mass is 249 g/mol. The third-order valence-corrected chi connectivity index (χ3v) is 5.13.